The number of amides is 1. The minimum absolute atomic E-state index is 0.145. The highest BCUT2D eigenvalue weighted by molar-refractivity contribution is 7.89. The number of benzene rings is 1. The smallest absolute Gasteiger partial charge is 0.244 e. The summed E-state index contributed by atoms with van der Waals surface area (Å²) in [7, 11) is -3.79. The summed E-state index contributed by atoms with van der Waals surface area (Å²) < 4.78 is 27.5. The van der Waals surface area contributed by atoms with Crippen LogP contribution in [-0.2, 0) is 14.8 Å². The second kappa shape index (κ2) is 8.14. The molecule has 0 radical (unpaired) electrons. The Kier molecular flexibility index (Phi) is 6.43. The molecule has 0 aromatic heterocycles. The van der Waals surface area contributed by atoms with E-state index >= 15 is 0 Å². The Balaban J connectivity index is 2.42. The highest BCUT2D eigenvalue weighted by Crippen LogP contribution is 2.24. The summed E-state index contributed by atoms with van der Waals surface area (Å²) in [4.78, 5) is 12.5. The maximum absolute atomic E-state index is 13.1. The van der Waals surface area contributed by atoms with Gasteiger partial charge in [0, 0.05) is 18.1 Å². The van der Waals surface area contributed by atoms with Gasteiger partial charge in [-0.15, -0.1) is 0 Å². The average molecular weight is 371 g/mol. The van der Waals surface area contributed by atoms with E-state index in [1.165, 1.54) is 16.4 Å². The number of hydrogen-bond acceptors (Lipinski definition) is 3. The topological polar surface area (TPSA) is 66.5 Å². The van der Waals surface area contributed by atoms with Crippen LogP contribution >= 0.6 is 11.6 Å². The first-order valence-corrected chi connectivity index (χ1v) is 9.82. The third kappa shape index (κ3) is 4.59. The van der Waals surface area contributed by atoms with Crippen LogP contribution in [0.25, 0.3) is 0 Å². The van der Waals surface area contributed by atoms with E-state index in [4.69, 9.17) is 11.6 Å². The molecule has 1 heterocycles. The zero-order valence-corrected chi connectivity index (χ0v) is 15.5. The van der Waals surface area contributed by atoms with E-state index in [0.29, 0.717) is 18.0 Å². The summed E-state index contributed by atoms with van der Waals surface area (Å²) in [6, 6.07) is 5.34. The van der Waals surface area contributed by atoms with Gasteiger partial charge >= 0.3 is 0 Å². The first-order valence-electron chi connectivity index (χ1n) is 8.01. The second-order valence-electron chi connectivity index (χ2n) is 6.11. The number of halogens is 1. The minimum Gasteiger partial charge on any atom is -0.355 e. The Labute approximate surface area is 148 Å². The third-order valence-corrected chi connectivity index (χ3v) is 6.09. The van der Waals surface area contributed by atoms with Crippen LogP contribution in [0.5, 0.6) is 0 Å². The number of nitrogens with one attached hydrogen (secondary N) is 1. The summed E-state index contributed by atoms with van der Waals surface area (Å²) in [5.74, 6) is -0.229. The Morgan fingerprint density at radius 1 is 1.29 bits per heavy atom. The number of carbonyl (C=O) groups is 1. The first kappa shape index (κ1) is 19.0. The Hall–Kier alpha value is -1.37. The molecule has 1 aliphatic rings. The quantitative estimate of drug-likeness (QED) is 0.810. The van der Waals surface area contributed by atoms with E-state index in [-0.39, 0.29) is 17.3 Å². The maximum atomic E-state index is 13.1. The average Bonchev–Trinajstić information content (AvgIpc) is 2.72. The summed E-state index contributed by atoms with van der Waals surface area (Å²) in [5, 5.41) is 3.28. The van der Waals surface area contributed by atoms with Crippen molar-refractivity contribution in [2.24, 2.45) is 0 Å². The SMILES string of the molecule is CC(C)=CCN([C@@H]1CCCCNC1=O)S(=O)(=O)c1ccc(Cl)cc1. The van der Waals surface area contributed by atoms with Crippen LogP contribution in [-0.4, -0.2) is 37.8 Å². The molecular formula is C17H23ClN2O3S. The summed E-state index contributed by atoms with van der Waals surface area (Å²) in [6.45, 7) is 4.57. The van der Waals surface area contributed by atoms with Crippen LogP contribution in [0.4, 0.5) is 0 Å². The van der Waals surface area contributed by atoms with Gasteiger partial charge in [0.1, 0.15) is 6.04 Å². The summed E-state index contributed by atoms with van der Waals surface area (Å²) in [5.41, 5.74) is 1.00. The van der Waals surface area contributed by atoms with Gasteiger partial charge in [0.05, 0.1) is 4.90 Å². The van der Waals surface area contributed by atoms with Gasteiger partial charge in [0.15, 0.2) is 0 Å². The molecule has 1 aromatic carbocycles. The number of carbonyl (C=O) groups excluding carboxylic acids is 1. The van der Waals surface area contributed by atoms with Crippen molar-refractivity contribution in [3.8, 4) is 0 Å². The standard InChI is InChI=1S/C17H23ClN2O3S/c1-13(2)10-12-20(16-5-3-4-11-19-17(16)21)24(22,23)15-8-6-14(18)7-9-15/h6-10,16H,3-5,11-12H2,1-2H3,(H,19,21)/t16-/m1/s1. The molecule has 1 saturated heterocycles. The fourth-order valence-electron chi connectivity index (χ4n) is 2.61. The lowest BCUT2D eigenvalue weighted by Gasteiger charge is -2.28. The lowest BCUT2D eigenvalue weighted by molar-refractivity contribution is -0.124. The van der Waals surface area contributed by atoms with Crippen LogP contribution in [0.15, 0.2) is 40.8 Å². The number of hydrogen-bond donors (Lipinski definition) is 1. The van der Waals surface area contributed by atoms with E-state index in [0.717, 1.165) is 18.4 Å². The molecule has 7 heteroatoms. The van der Waals surface area contributed by atoms with Crippen molar-refractivity contribution in [2.75, 3.05) is 13.1 Å². The number of sulfonamides is 1. The fourth-order valence-corrected chi connectivity index (χ4v) is 4.29. The zero-order valence-electron chi connectivity index (χ0n) is 14.0. The van der Waals surface area contributed by atoms with Crippen molar-refractivity contribution in [3.63, 3.8) is 0 Å². The lowest BCUT2D eigenvalue weighted by atomic mass is 10.1. The molecule has 1 aliphatic heterocycles. The molecule has 24 heavy (non-hydrogen) atoms. The van der Waals surface area contributed by atoms with E-state index in [1.807, 2.05) is 19.9 Å². The summed E-state index contributed by atoms with van der Waals surface area (Å²) >= 11 is 5.86. The molecule has 0 spiro atoms. The molecule has 5 nitrogen and oxygen atoms in total. The van der Waals surface area contributed by atoms with E-state index in [2.05, 4.69) is 5.32 Å². The highest BCUT2D eigenvalue weighted by Gasteiger charge is 2.35. The van der Waals surface area contributed by atoms with Gasteiger partial charge in [-0.3, -0.25) is 4.79 Å². The predicted molar refractivity (Wildman–Crippen MR) is 95.4 cm³/mol. The maximum Gasteiger partial charge on any atom is 0.244 e. The highest BCUT2D eigenvalue weighted by atomic mass is 35.5. The number of allylic oxidation sites excluding steroid dienone is 1. The molecular weight excluding hydrogens is 348 g/mol. The third-order valence-electron chi connectivity index (χ3n) is 3.95. The Bertz CT molecular complexity index is 710. The van der Waals surface area contributed by atoms with Gasteiger partial charge in [-0.1, -0.05) is 23.3 Å². The molecule has 1 fully saturated rings. The van der Waals surface area contributed by atoms with Crippen LogP contribution in [0.1, 0.15) is 33.1 Å². The molecule has 1 N–H and O–H groups in total. The molecule has 132 valence electrons. The molecule has 1 amide bonds. The van der Waals surface area contributed by atoms with Gasteiger partial charge in [0.25, 0.3) is 0 Å². The van der Waals surface area contributed by atoms with Crippen molar-refractivity contribution < 1.29 is 13.2 Å². The van der Waals surface area contributed by atoms with E-state index in [9.17, 15) is 13.2 Å². The molecule has 1 atom stereocenters. The van der Waals surface area contributed by atoms with Gasteiger partial charge in [-0.2, -0.15) is 4.31 Å². The van der Waals surface area contributed by atoms with Gasteiger partial charge in [0.2, 0.25) is 15.9 Å². The van der Waals surface area contributed by atoms with Crippen LogP contribution in [0.2, 0.25) is 5.02 Å². The van der Waals surface area contributed by atoms with Crippen molar-refractivity contribution in [3.05, 3.63) is 40.9 Å². The predicted octanol–water partition coefficient (Wildman–Crippen LogP) is 2.97. The molecule has 0 unspecified atom stereocenters. The lowest BCUT2D eigenvalue weighted by Crippen LogP contribution is -2.48. The van der Waals surface area contributed by atoms with E-state index < -0.39 is 16.1 Å². The van der Waals surface area contributed by atoms with Crippen molar-refractivity contribution in [1.82, 2.24) is 9.62 Å². The second-order valence-corrected chi connectivity index (χ2v) is 8.44. The minimum atomic E-state index is -3.79. The van der Waals surface area contributed by atoms with Crippen molar-refractivity contribution in [1.29, 1.82) is 0 Å². The zero-order chi connectivity index (χ0) is 17.7. The summed E-state index contributed by atoms with van der Waals surface area (Å²) in [6.07, 6.45) is 4.02. The Morgan fingerprint density at radius 2 is 1.96 bits per heavy atom. The molecule has 2 rings (SSSR count). The van der Waals surface area contributed by atoms with Crippen LogP contribution in [0.3, 0.4) is 0 Å². The van der Waals surface area contributed by atoms with E-state index in [1.54, 1.807) is 12.1 Å². The number of nitrogens with zero attached hydrogens (tertiary/aromatic N) is 1. The molecule has 0 saturated carbocycles. The Morgan fingerprint density at radius 3 is 2.58 bits per heavy atom. The first-order chi connectivity index (χ1) is 11.3. The normalized spacial score (nSPS) is 18.8. The van der Waals surface area contributed by atoms with Crippen molar-refractivity contribution >= 4 is 27.5 Å². The van der Waals surface area contributed by atoms with Crippen LogP contribution < -0.4 is 5.32 Å². The fraction of sp³-hybridized carbons (Fsp3) is 0.471. The van der Waals surface area contributed by atoms with Gasteiger partial charge in [-0.05, 0) is 57.4 Å². The largest absolute Gasteiger partial charge is 0.355 e. The van der Waals surface area contributed by atoms with Gasteiger partial charge in [-0.25, -0.2) is 8.42 Å². The molecule has 0 bridgehead atoms. The van der Waals surface area contributed by atoms with Crippen molar-refractivity contribution in [2.45, 2.75) is 44.0 Å². The van der Waals surface area contributed by atoms with Gasteiger partial charge < -0.3 is 5.32 Å². The van der Waals surface area contributed by atoms with Crippen LogP contribution in [0, 0.1) is 0 Å². The monoisotopic (exact) mass is 370 g/mol. The molecule has 1 aromatic rings. The number of rotatable bonds is 5. The molecule has 0 aliphatic carbocycles.